The molecule has 0 aliphatic rings. The van der Waals surface area contributed by atoms with Crippen molar-refractivity contribution < 1.29 is 14.7 Å². The van der Waals surface area contributed by atoms with Gasteiger partial charge in [0.2, 0.25) is 5.91 Å². The highest BCUT2D eigenvalue weighted by atomic mass is 16.4. The largest absolute Gasteiger partial charge is 0.480 e. The Kier molecular flexibility index (Phi) is 5.33. The molecule has 0 aromatic rings. The van der Waals surface area contributed by atoms with Crippen LogP contribution in [0.15, 0.2) is 0 Å². The third kappa shape index (κ3) is 4.32. The molecule has 1 amide bonds. The van der Waals surface area contributed by atoms with Crippen molar-refractivity contribution >= 4 is 11.9 Å². The second-order valence-corrected chi connectivity index (χ2v) is 4.39. The number of hydrogen-bond acceptors (Lipinski definition) is 2. The zero-order chi connectivity index (χ0) is 12.1. The second-order valence-electron chi connectivity index (χ2n) is 4.39. The molecule has 2 N–H and O–H groups in total. The Morgan fingerprint density at radius 3 is 2.20 bits per heavy atom. The molecule has 4 nitrogen and oxygen atoms in total. The summed E-state index contributed by atoms with van der Waals surface area (Å²) in [5, 5.41) is 11.4. The molecule has 0 unspecified atom stereocenters. The lowest BCUT2D eigenvalue weighted by atomic mass is 9.89. The quantitative estimate of drug-likeness (QED) is 0.710. The van der Waals surface area contributed by atoms with Crippen LogP contribution in [0.5, 0.6) is 0 Å². The van der Waals surface area contributed by atoms with Crippen LogP contribution >= 0.6 is 0 Å². The molecule has 0 aromatic carbocycles. The van der Waals surface area contributed by atoms with E-state index in [1.165, 1.54) is 0 Å². The maximum absolute atomic E-state index is 11.7. The number of aliphatic carboxylic acids is 1. The summed E-state index contributed by atoms with van der Waals surface area (Å²) >= 11 is 0. The van der Waals surface area contributed by atoms with Gasteiger partial charge in [-0.2, -0.15) is 0 Å². The molecule has 0 saturated heterocycles. The van der Waals surface area contributed by atoms with Crippen molar-refractivity contribution in [2.45, 2.75) is 53.0 Å². The van der Waals surface area contributed by atoms with Crippen molar-refractivity contribution in [2.75, 3.05) is 0 Å². The maximum Gasteiger partial charge on any atom is 0.326 e. The SMILES string of the molecule is CCC[C@@H](NC(=O)C(C)(C)CC)C(=O)O. The van der Waals surface area contributed by atoms with Crippen LogP contribution in [0.1, 0.15) is 47.0 Å². The first kappa shape index (κ1) is 13.9. The van der Waals surface area contributed by atoms with E-state index >= 15 is 0 Å². The van der Waals surface area contributed by atoms with E-state index in [2.05, 4.69) is 5.32 Å². The molecule has 0 fully saturated rings. The van der Waals surface area contributed by atoms with Gasteiger partial charge in [-0.05, 0) is 12.8 Å². The van der Waals surface area contributed by atoms with E-state index in [4.69, 9.17) is 5.11 Å². The van der Waals surface area contributed by atoms with Gasteiger partial charge in [0.1, 0.15) is 6.04 Å². The van der Waals surface area contributed by atoms with E-state index in [0.717, 1.165) is 6.42 Å². The predicted molar refractivity (Wildman–Crippen MR) is 58.5 cm³/mol. The molecule has 0 aromatic heterocycles. The molecule has 0 saturated carbocycles. The highest BCUT2D eigenvalue weighted by Crippen LogP contribution is 2.19. The maximum atomic E-state index is 11.7. The average molecular weight is 215 g/mol. The molecule has 1 atom stereocenters. The van der Waals surface area contributed by atoms with Crippen LogP contribution in [0.3, 0.4) is 0 Å². The Morgan fingerprint density at radius 1 is 1.33 bits per heavy atom. The minimum Gasteiger partial charge on any atom is -0.480 e. The highest BCUT2D eigenvalue weighted by Gasteiger charge is 2.29. The summed E-state index contributed by atoms with van der Waals surface area (Å²) in [7, 11) is 0. The minimum atomic E-state index is -0.961. The van der Waals surface area contributed by atoms with Gasteiger partial charge in [-0.3, -0.25) is 4.79 Å². The summed E-state index contributed by atoms with van der Waals surface area (Å²) in [4.78, 5) is 22.5. The van der Waals surface area contributed by atoms with Gasteiger partial charge in [0.25, 0.3) is 0 Å². The first-order valence-electron chi connectivity index (χ1n) is 5.39. The van der Waals surface area contributed by atoms with Crippen LogP contribution in [-0.2, 0) is 9.59 Å². The van der Waals surface area contributed by atoms with Crippen molar-refractivity contribution in [1.82, 2.24) is 5.32 Å². The number of rotatable bonds is 6. The number of carbonyl (C=O) groups excluding carboxylic acids is 1. The van der Waals surface area contributed by atoms with E-state index in [-0.39, 0.29) is 5.91 Å². The molecule has 0 aliphatic carbocycles. The van der Waals surface area contributed by atoms with Gasteiger partial charge in [0.05, 0.1) is 0 Å². The van der Waals surface area contributed by atoms with E-state index in [0.29, 0.717) is 12.8 Å². The smallest absolute Gasteiger partial charge is 0.326 e. The second kappa shape index (κ2) is 5.73. The number of hydrogen-bond donors (Lipinski definition) is 2. The van der Waals surface area contributed by atoms with E-state index in [1.807, 2.05) is 27.7 Å². The molecule has 0 heterocycles. The van der Waals surface area contributed by atoms with Gasteiger partial charge in [-0.25, -0.2) is 4.79 Å². The summed E-state index contributed by atoms with van der Waals surface area (Å²) < 4.78 is 0. The van der Waals surface area contributed by atoms with E-state index in [9.17, 15) is 9.59 Å². The number of amides is 1. The fourth-order valence-electron chi connectivity index (χ4n) is 1.06. The summed E-state index contributed by atoms with van der Waals surface area (Å²) in [6.45, 7) is 7.43. The van der Waals surface area contributed by atoms with Crippen molar-refractivity contribution in [3.63, 3.8) is 0 Å². The van der Waals surface area contributed by atoms with Crippen LogP contribution in [0, 0.1) is 5.41 Å². The summed E-state index contributed by atoms with van der Waals surface area (Å²) in [5.74, 6) is -1.15. The molecule has 0 spiro atoms. The summed E-state index contributed by atoms with van der Waals surface area (Å²) in [6, 6.07) is -0.756. The third-order valence-corrected chi connectivity index (χ3v) is 2.68. The number of carbonyl (C=O) groups is 2. The molecule has 88 valence electrons. The van der Waals surface area contributed by atoms with Gasteiger partial charge in [-0.15, -0.1) is 0 Å². The predicted octanol–water partition coefficient (Wildman–Crippen LogP) is 1.79. The normalized spacial score (nSPS) is 13.3. The topological polar surface area (TPSA) is 66.4 Å². The zero-order valence-corrected chi connectivity index (χ0v) is 9.96. The van der Waals surface area contributed by atoms with Crippen LogP contribution in [0.25, 0.3) is 0 Å². The van der Waals surface area contributed by atoms with Gasteiger partial charge in [-0.1, -0.05) is 34.1 Å². The van der Waals surface area contributed by atoms with Crippen molar-refractivity contribution in [3.8, 4) is 0 Å². The minimum absolute atomic E-state index is 0.189. The summed E-state index contributed by atoms with van der Waals surface area (Å²) in [6.07, 6.45) is 1.90. The standard InChI is InChI=1S/C11H21NO3/c1-5-7-8(9(13)14)12-10(15)11(3,4)6-2/h8H,5-7H2,1-4H3,(H,12,15)(H,13,14)/t8-/m1/s1. The fourth-order valence-corrected chi connectivity index (χ4v) is 1.06. The third-order valence-electron chi connectivity index (χ3n) is 2.68. The van der Waals surface area contributed by atoms with Gasteiger partial charge >= 0.3 is 5.97 Å². The molecule has 15 heavy (non-hydrogen) atoms. The zero-order valence-electron chi connectivity index (χ0n) is 9.96. The van der Waals surface area contributed by atoms with Crippen molar-refractivity contribution in [3.05, 3.63) is 0 Å². The lowest BCUT2D eigenvalue weighted by molar-refractivity contribution is -0.143. The molecular weight excluding hydrogens is 194 g/mol. The van der Waals surface area contributed by atoms with Gasteiger partial charge in [0, 0.05) is 5.41 Å². The molecule has 4 heteroatoms. The molecule has 0 radical (unpaired) electrons. The Hall–Kier alpha value is -1.06. The number of carboxylic acids is 1. The first-order valence-corrected chi connectivity index (χ1v) is 5.39. The van der Waals surface area contributed by atoms with E-state index < -0.39 is 17.4 Å². The van der Waals surface area contributed by atoms with Crippen LogP contribution in [0.2, 0.25) is 0 Å². The van der Waals surface area contributed by atoms with Crippen LogP contribution < -0.4 is 5.32 Å². The molecular formula is C11H21NO3. The molecule has 0 rings (SSSR count). The monoisotopic (exact) mass is 215 g/mol. The number of carboxylic acid groups (broad SMARTS) is 1. The van der Waals surface area contributed by atoms with Gasteiger partial charge < -0.3 is 10.4 Å². The fraction of sp³-hybridized carbons (Fsp3) is 0.818. The Balaban J connectivity index is 4.41. The van der Waals surface area contributed by atoms with Crippen molar-refractivity contribution in [1.29, 1.82) is 0 Å². The number of nitrogens with one attached hydrogen (secondary N) is 1. The Labute approximate surface area is 91.1 Å². The highest BCUT2D eigenvalue weighted by molar-refractivity contribution is 5.86. The van der Waals surface area contributed by atoms with Gasteiger partial charge in [0.15, 0.2) is 0 Å². The Bertz CT molecular complexity index is 236. The lowest BCUT2D eigenvalue weighted by Crippen LogP contribution is -2.46. The Morgan fingerprint density at radius 2 is 1.87 bits per heavy atom. The molecule has 0 aliphatic heterocycles. The van der Waals surface area contributed by atoms with Crippen molar-refractivity contribution in [2.24, 2.45) is 5.41 Å². The molecule has 0 bridgehead atoms. The van der Waals surface area contributed by atoms with Crippen LogP contribution in [-0.4, -0.2) is 23.0 Å². The van der Waals surface area contributed by atoms with E-state index in [1.54, 1.807) is 0 Å². The summed E-state index contributed by atoms with van der Waals surface area (Å²) in [5.41, 5.74) is -0.499. The lowest BCUT2D eigenvalue weighted by Gasteiger charge is -2.24. The first-order chi connectivity index (χ1) is 6.85. The van der Waals surface area contributed by atoms with Crippen LogP contribution in [0.4, 0.5) is 0 Å². The average Bonchev–Trinajstić information content (AvgIpc) is 2.16.